The number of hydrogen-bond donors (Lipinski definition) is 0. The lowest BCUT2D eigenvalue weighted by Gasteiger charge is -2.26. The third-order valence-corrected chi connectivity index (χ3v) is 8.80. The van der Waals surface area contributed by atoms with E-state index in [1.165, 1.54) is 45.1 Å². The van der Waals surface area contributed by atoms with Crippen LogP contribution in [0.2, 0.25) is 0 Å². The van der Waals surface area contributed by atoms with E-state index < -0.39 is 0 Å². The lowest BCUT2D eigenvalue weighted by molar-refractivity contribution is -0.433. The summed E-state index contributed by atoms with van der Waals surface area (Å²) in [6.07, 6.45) is 12.5. The maximum atomic E-state index is 6.08. The van der Waals surface area contributed by atoms with Crippen LogP contribution in [0, 0.1) is 0 Å². The third-order valence-electron chi connectivity index (χ3n) is 8.80. The van der Waals surface area contributed by atoms with Gasteiger partial charge in [-0.2, -0.15) is 4.58 Å². The van der Waals surface area contributed by atoms with Crippen LogP contribution in [-0.2, 0) is 15.6 Å². The lowest BCUT2D eigenvalue weighted by atomic mass is 9.81. The molecule has 3 nitrogen and oxygen atoms in total. The summed E-state index contributed by atoms with van der Waals surface area (Å²) in [6.45, 7) is 15.8. The fourth-order valence-corrected chi connectivity index (χ4v) is 6.81. The minimum Gasteiger partial charge on any atom is -0.496 e. The maximum absolute atomic E-state index is 6.08. The Hall–Kier alpha value is -3.33. The topological polar surface area (TPSA) is 15.5 Å². The van der Waals surface area contributed by atoms with Crippen LogP contribution in [-0.4, -0.2) is 30.5 Å². The van der Waals surface area contributed by atoms with Crippen LogP contribution in [0.3, 0.4) is 0 Å². The second kappa shape index (κ2) is 10.1. The Labute approximate surface area is 229 Å². The first-order valence-corrected chi connectivity index (χ1v) is 14.2. The second-order valence-electron chi connectivity index (χ2n) is 11.6. The van der Waals surface area contributed by atoms with Crippen LogP contribution in [0.4, 0.5) is 11.4 Å². The Kier molecular flexibility index (Phi) is 6.98. The summed E-state index contributed by atoms with van der Waals surface area (Å²) in [5.74, 6) is 1.04. The average Bonchev–Trinajstić information content (AvgIpc) is 3.28. The summed E-state index contributed by atoms with van der Waals surface area (Å²) in [4.78, 5) is 2.46. The van der Waals surface area contributed by atoms with E-state index in [-0.39, 0.29) is 10.8 Å². The van der Waals surface area contributed by atoms with Crippen LogP contribution in [0.25, 0.3) is 0 Å². The van der Waals surface area contributed by atoms with Gasteiger partial charge in [-0.3, -0.25) is 0 Å². The molecule has 1 aliphatic carbocycles. The molecular formula is C35H43N2O+. The molecule has 0 saturated heterocycles. The van der Waals surface area contributed by atoms with E-state index in [4.69, 9.17) is 4.74 Å². The van der Waals surface area contributed by atoms with E-state index in [1.807, 2.05) is 7.11 Å². The molecule has 3 heteroatoms. The predicted octanol–water partition coefficient (Wildman–Crippen LogP) is 8.35. The number of fused-ring (bicyclic) bond motifs is 2. The molecule has 0 N–H and O–H groups in total. The Balaban J connectivity index is 1.51. The standard InChI is InChI=1S/C35H43N2O/c1-8-36-29-19-12-10-17-27(29)34(3,4)31(36)23-21-25-15-14-16-26(33(25)38-7)22-24-32-35(5,6)28-18-11-13-20-30(28)37(32)9-2/h10-13,17-24H,8-9,14-16H2,1-7H3/q+1. The van der Waals surface area contributed by atoms with Crippen LogP contribution < -0.4 is 4.90 Å². The highest BCUT2D eigenvalue weighted by molar-refractivity contribution is 6.03. The van der Waals surface area contributed by atoms with E-state index in [1.54, 1.807) is 0 Å². The molecule has 0 saturated carbocycles. The summed E-state index contributed by atoms with van der Waals surface area (Å²) in [6, 6.07) is 17.6. The number of likely N-dealkylation sites (N-methyl/N-ethyl adjacent to an activating group) is 1. The monoisotopic (exact) mass is 507 g/mol. The SMILES string of the molecule is CCN1/C(=C/C=C2\CCCC(/C=C/C3=[N+](CC)c4ccccc4C3(C)C)=C2OC)C(C)(C)c2ccccc21. The molecule has 0 bridgehead atoms. The molecule has 3 aliphatic rings. The predicted molar refractivity (Wildman–Crippen MR) is 161 cm³/mol. The van der Waals surface area contributed by atoms with E-state index >= 15 is 0 Å². The summed E-state index contributed by atoms with van der Waals surface area (Å²) in [5.41, 5.74) is 10.7. The second-order valence-corrected chi connectivity index (χ2v) is 11.6. The first-order chi connectivity index (χ1) is 18.2. The number of methoxy groups -OCH3 is 1. The zero-order valence-corrected chi connectivity index (χ0v) is 24.3. The van der Waals surface area contributed by atoms with E-state index in [2.05, 4.69) is 124 Å². The van der Waals surface area contributed by atoms with Crippen molar-refractivity contribution in [3.8, 4) is 0 Å². The third kappa shape index (κ3) is 4.17. The Morgan fingerprint density at radius 2 is 1.58 bits per heavy atom. The number of hydrogen-bond acceptors (Lipinski definition) is 2. The van der Waals surface area contributed by atoms with Gasteiger partial charge in [0.1, 0.15) is 12.3 Å². The van der Waals surface area contributed by atoms with Crippen molar-refractivity contribution in [2.24, 2.45) is 0 Å². The van der Waals surface area contributed by atoms with Gasteiger partial charge in [0.25, 0.3) is 0 Å². The average molecular weight is 508 g/mol. The van der Waals surface area contributed by atoms with Gasteiger partial charge >= 0.3 is 0 Å². The summed E-state index contributed by atoms with van der Waals surface area (Å²) < 4.78 is 8.54. The van der Waals surface area contributed by atoms with Gasteiger partial charge < -0.3 is 9.64 Å². The minimum absolute atomic E-state index is 0.0265. The smallest absolute Gasteiger partial charge is 0.209 e. The molecule has 198 valence electrons. The quantitative estimate of drug-likeness (QED) is 0.365. The number of allylic oxidation sites excluding steroid dienone is 7. The van der Waals surface area contributed by atoms with Gasteiger partial charge in [0, 0.05) is 41.1 Å². The molecule has 0 radical (unpaired) electrons. The van der Waals surface area contributed by atoms with Crippen molar-refractivity contribution in [2.45, 2.75) is 71.6 Å². The zero-order chi connectivity index (χ0) is 27.1. The zero-order valence-electron chi connectivity index (χ0n) is 24.3. The van der Waals surface area contributed by atoms with Crippen molar-refractivity contribution >= 4 is 17.1 Å². The number of para-hydroxylation sites is 2. The van der Waals surface area contributed by atoms with Crippen molar-refractivity contribution < 1.29 is 9.31 Å². The van der Waals surface area contributed by atoms with Gasteiger partial charge in [0.05, 0.1) is 12.5 Å². The van der Waals surface area contributed by atoms with Gasteiger partial charge in [-0.1, -0.05) is 56.3 Å². The molecule has 0 aromatic heterocycles. The number of rotatable bonds is 6. The van der Waals surface area contributed by atoms with E-state index in [0.717, 1.165) is 38.1 Å². The minimum atomic E-state index is -0.0265. The molecular weight excluding hydrogens is 464 g/mol. The molecule has 0 unspecified atom stereocenters. The molecule has 0 spiro atoms. The molecule has 38 heavy (non-hydrogen) atoms. The molecule has 2 heterocycles. The van der Waals surface area contributed by atoms with Crippen LogP contribution in [0.15, 0.2) is 95.4 Å². The molecule has 2 aliphatic heterocycles. The van der Waals surface area contributed by atoms with E-state index in [9.17, 15) is 0 Å². The molecule has 2 aromatic rings. The molecule has 5 rings (SSSR count). The number of ether oxygens (including phenoxy) is 1. The van der Waals surface area contributed by atoms with Crippen LogP contribution in [0.1, 0.15) is 71.9 Å². The molecule has 2 aromatic carbocycles. The molecule has 0 amide bonds. The van der Waals surface area contributed by atoms with Gasteiger partial charge in [-0.25, -0.2) is 0 Å². The fourth-order valence-electron chi connectivity index (χ4n) is 6.81. The fraction of sp³-hybridized carbons (Fsp3) is 0.400. The lowest BCUT2D eigenvalue weighted by Crippen LogP contribution is -2.27. The maximum Gasteiger partial charge on any atom is 0.209 e. The Bertz CT molecular complexity index is 1400. The van der Waals surface area contributed by atoms with Crippen molar-refractivity contribution in [3.05, 3.63) is 107 Å². The highest BCUT2D eigenvalue weighted by Gasteiger charge is 2.43. The summed E-state index contributed by atoms with van der Waals surface area (Å²) >= 11 is 0. The van der Waals surface area contributed by atoms with E-state index in [0.29, 0.717) is 0 Å². The van der Waals surface area contributed by atoms with Gasteiger partial charge in [0.15, 0.2) is 5.71 Å². The van der Waals surface area contributed by atoms with Crippen molar-refractivity contribution in [3.63, 3.8) is 0 Å². The summed E-state index contributed by atoms with van der Waals surface area (Å²) in [7, 11) is 1.82. The van der Waals surface area contributed by atoms with Gasteiger partial charge in [-0.05, 0) is 81.9 Å². The highest BCUT2D eigenvalue weighted by Crippen LogP contribution is 2.47. The van der Waals surface area contributed by atoms with Crippen LogP contribution in [0.5, 0.6) is 0 Å². The van der Waals surface area contributed by atoms with Crippen molar-refractivity contribution in [2.75, 3.05) is 25.1 Å². The van der Waals surface area contributed by atoms with Crippen LogP contribution >= 0.6 is 0 Å². The first-order valence-electron chi connectivity index (χ1n) is 14.2. The number of nitrogens with zero attached hydrogens (tertiary/aromatic N) is 2. The number of anilines is 1. The Morgan fingerprint density at radius 3 is 2.29 bits per heavy atom. The van der Waals surface area contributed by atoms with Crippen molar-refractivity contribution in [1.82, 2.24) is 0 Å². The highest BCUT2D eigenvalue weighted by atomic mass is 16.5. The number of benzene rings is 2. The first kappa shape index (κ1) is 26.3. The molecule has 0 atom stereocenters. The van der Waals surface area contributed by atoms with Gasteiger partial charge in [0.2, 0.25) is 5.69 Å². The van der Waals surface area contributed by atoms with Gasteiger partial charge in [-0.15, -0.1) is 0 Å². The summed E-state index contributed by atoms with van der Waals surface area (Å²) in [5, 5.41) is 0. The molecule has 0 fully saturated rings. The normalized spacial score (nSPS) is 22.1. The van der Waals surface area contributed by atoms with Crippen molar-refractivity contribution in [1.29, 1.82) is 0 Å². The Morgan fingerprint density at radius 1 is 0.868 bits per heavy atom. The largest absolute Gasteiger partial charge is 0.496 e.